The molecule has 1 aliphatic rings. The van der Waals surface area contributed by atoms with Crippen LogP contribution in [0.2, 0.25) is 0 Å². The molecule has 6 heteroatoms. The number of halogens is 3. The van der Waals surface area contributed by atoms with Crippen LogP contribution in [-0.2, 0) is 16.0 Å². The molecule has 0 heterocycles. The van der Waals surface area contributed by atoms with E-state index < -0.39 is 26.8 Å². The Hall–Kier alpha value is -1.82. The Morgan fingerprint density at radius 2 is 1.52 bits per heavy atom. The number of aryl methyl sites for hydroxylation is 1. The van der Waals surface area contributed by atoms with Gasteiger partial charge in [-0.15, -0.1) is 0 Å². The molecular formula is C17H15F3O2S. The molecule has 0 amide bonds. The lowest BCUT2D eigenvalue weighted by atomic mass is 10.1. The van der Waals surface area contributed by atoms with Crippen molar-refractivity contribution in [3.05, 3.63) is 65.2 Å². The lowest BCUT2D eigenvalue weighted by Crippen LogP contribution is -2.09. The van der Waals surface area contributed by atoms with E-state index >= 15 is 0 Å². The monoisotopic (exact) mass is 340 g/mol. The first-order valence-corrected chi connectivity index (χ1v) is 8.72. The van der Waals surface area contributed by atoms with Gasteiger partial charge in [0.15, 0.2) is 9.84 Å². The van der Waals surface area contributed by atoms with Gasteiger partial charge in [0.05, 0.1) is 15.7 Å². The first-order valence-electron chi connectivity index (χ1n) is 7.17. The van der Waals surface area contributed by atoms with E-state index in [2.05, 4.69) is 0 Å². The summed E-state index contributed by atoms with van der Waals surface area (Å²) >= 11 is 0. The molecule has 0 spiro atoms. The van der Waals surface area contributed by atoms with Crippen LogP contribution in [0.15, 0.2) is 53.4 Å². The van der Waals surface area contributed by atoms with E-state index in [0.717, 1.165) is 17.7 Å². The average Bonchev–Trinajstić information content (AvgIpc) is 3.28. The topological polar surface area (TPSA) is 34.1 Å². The van der Waals surface area contributed by atoms with Gasteiger partial charge in [-0.2, -0.15) is 13.2 Å². The third-order valence-electron chi connectivity index (χ3n) is 4.15. The van der Waals surface area contributed by atoms with Gasteiger partial charge < -0.3 is 0 Å². The van der Waals surface area contributed by atoms with Crippen LogP contribution >= 0.6 is 0 Å². The van der Waals surface area contributed by atoms with Crippen molar-refractivity contribution in [3.8, 4) is 0 Å². The van der Waals surface area contributed by atoms with Crippen LogP contribution in [0, 0.1) is 6.92 Å². The smallest absolute Gasteiger partial charge is 0.223 e. The second kappa shape index (κ2) is 5.37. The lowest BCUT2D eigenvalue weighted by Gasteiger charge is -2.08. The first kappa shape index (κ1) is 16.1. The molecule has 3 rings (SSSR count). The van der Waals surface area contributed by atoms with Crippen molar-refractivity contribution >= 4 is 9.84 Å². The van der Waals surface area contributed by atoms with Crippen LogP contribution in [0.25, 0.3) is 0 Å². The highest BCUT2D eigenvalue weighted by atomic mass is 32.2. The summed E-state index contributed by atoms with van der Waals surface area (Å²) < 4.78 is 62.8. The second-order valence-corrected chi connectivity index (χ2v) is 8.03. The highest BCUT2D eigenvalue weighted by Gasteiger charge is 2.48. The zero-order valence-electron chi connectivity index (χ0n) is 12.3. The van der Waals surface area contributed by atoms with Gasteiger partial charge in [0.1, 0.15) is 0 Å². The van der Waals surface area contributed by atoms with Crippen molar-refractivity contribution in [2.75, 3.05) is 0 Å². The zero-order valence-corrected chi connectivity index (χ0v) is 13.2. The highest BCUT2D eigenvalue weighted by molar-refractivity contribution is 7.92. The van der Waals surface area contributed by atoms with Crippen LogP contribution in [0.4, 0.5) is 13.2 Å². The van der Waals surface area contributed by atoms with Crippen LogP contribution < -0.4 is 0 Å². The third kappa shape index (κ3) is 3.13. The van der Waals surface area contributed by atoms with Gasteiger partial charge in [0.2, 0.25) is 0 Å². The van der Waals surface area contributed by atoms with Gasteiger partial charge in [-0.05, 0) is 43.2 Å². The summed E-state index contributed by atoms with van der Waals surface area (Å²) in [6.45, 7) is 1.87. The molecule has 2 aromatic rings. The van der Waals surface area contributed by atoms with Crippen molar-refractivity contribution in [1.82, 2.24) is 0 Å². The molecule has 0 aromatic heterocycles. The molecule has 1 saturated carbocycles. The second-order valence-electron chi connectivity index (χ2n) is 5.86. The van der Waals surface area contributed by atoms with Crippen molar-refractivity contribution in [3.63, 3.8) is 0 Å². The van der Waals surface area contributed by atoms with Gasteiger partial charge in [-0.25, -0.2) is 8.42 Å². The van der Waals surface area contributed by atoms with E-state index in [4.69, 9.17) is 0 Å². The van der Waals surface area contributed by atoms with E-state index in [-0.39, 0.29) is 10.8 Å². The summed E-state index contributed by atoms with van der Waals surface area (Å²) in [6, 6.07) is 11.4. The number of alkyl halides is 3. The molecule has 2 nitrogen and oxygen atoms in total. The molecule has 0 bridgehead atoms. The molecule has 2 aromatic carbocycles. The van der Waals surface area contributed by atoms with E-state index in [1.807, 2.05) is 6.92 Å². The Labute approximate surface area is 132 Å². The van der Waals surface area contributed by atoms with Crippen LogP contribution in [-0.4, -0.2) is 13.7 Å². The number of rotatable bonds is 3. The summed E-state index contributed by atoms with van der Waals surface area (Å²) in [6.07, 6.45) is -3.93. The summed E-state index contributed by atoms with van der Waals surface area (Å²) in [5.41, 5.74) is 0.887. The summed E-state index contributed by atoms with van der Waals surface area (Å²) in [4.78, 5) is 0.266. The lowest BCUT2D eigenvalue weighted by molar-refractivity contribution is -0.137. The predicted molar refractivity (Wildman–Crippen MR) is 81.0 cm³/mol. The van der Waals surface area contributed by atoms with Crippen molar-refractivity contribution in [2.45, 2.75) is 35.6 Å². The summed E-state index contributed by atoms with van der Waals surface area (Å²) in [5, 5.41) is -0.554. The Morgan fingerprint density at radius 3 is 2.04 bits per heavy atom. The van der Waals surface area contributed by atoms with E-state index in [0.29, 0.717) is 12.0 Å². The van der Waals surface area contributed by atoms with Crippen molar-refractivity contribution < 1.29 is 21.6 Å². The fourth-order valence-corrected chi connectivity index (χ4v) is 4.60. The van der Waals surface area contributed by atoms with Crippen molar-refractivity contribution in [1.29, 1.82) is 0 Å². The molecule has 2 atom stereocenters. The molecule has 0 N–H and O–H groups in total. The van der Waals surface area contributed by atoms with E-state index in [1.54, 1.807) is 24.3 Å². The van der Waals surface area contributed by atoms with Gasteiger partial charge in [0, 0.05) is 5.92 Å². The molecule has 0 unspecified atom stereocenters. The fraction of sp³-hybridized carbons (Fsp3) is 0.294. The van der Waals surface area contributed by atoms with Crippen LogP contribution in [0.5, 0.6) is 0 Å². The highest BCUT2D eigenvalue weighted by Crippen LogP contribution is 2.48. The van der Waals surface area contributed by atoms with Crippen molar-refractivity contribution in [2.24, 2.45) is 0 Å². The molecule has 1 fully saturated rings. The average molecular weight is 340 g/mol. The maximum atomic E-state index is 12.6. The Balaban J connectivity index is 1.80. The predicted octanol–water partition coefficient (Wildman–Crippen LogP) is 4.34. The first-order chi connectivity index (χ1) is 10.7. The van der Waals surface area contributed by atoms with Crippen LogP contribution in [0.3, 0.4) is 0 Å². The Bertz CT molecular complexity index is 806. The van der Waals surface area contributed by atoms with E-state index in [9.17, 15) is 21.6 Å². The molecule has 0 aliphatic heterocycles. The minimum absolute atomic E-state index is 0.233. The molecule has 23 heavy (non-hydrogen) atoms. The quantitative estimate of drug-likeness (QED) is 0.833. The van der Waals surface area contributed by atoms with Gasteiger partial charge in [-0.1, -0.05) is 29.8 Å². The molecular weight excluding hydrogens is 325 g/mol. The van der Waals surface area contributed by atoms with Gasteiger partial charge in [0.25, 0.3) is 0 Å². The van der Waals surface area contributed by atoms with Crippen LogP contribution in [0.1, 0.15) is 29.0 Å². The number of benzene rings is 2. The minimum Gasteiger partial charge on any atom is -0.223 e. The van der Waals surface area contributed by atoms with E-state index in [1.165, 1.54) is 12.1 Å². The number of sulfone groups is 1. The summed E-state index contributed by atoms with van der Waals surface area (Å²) in [5.74, 6) is -0.233. The molecule has 122 valence electrons. The molecule has 0 radical (unpaired) electrons. The maximum Gasteiger partial charge on any atom is 0.416 e. The largest absolute Gasteiger partial charge is 0.416 e. The van der Waals surface area contributed by atoms with Gasteiger partial charge >= 0.3 is 6.18 Å². The molecule has 0 saturated heterocycles. The maximum absolute atomic E-state index is 12.6. The SMILES string of the molecule is Cc1ccc(S(=O)(=O)[C@@H]2C[C@H]2c2ccc(C(F)(F)F)cc2)cc1. The van der Waals surface area contributed by atoms with Gasteiger partial charge in [-0.3, -0.25) is 0 Å². The normalized spacial score (nSPS) is 21.2. The fourth-order valence-electron chi connectivity index (χ4n) is 2.69. The summed E-state index contributed by atoms with van der Waals surface area (Å²) in [7, 11) is -3.44. The minimum atomic E-state index is -4.38. The number of hydrogen-bond acceptors (Lipinski definition) is 2. The molecule has 1 aliphatic carbocycles. The third-order valence-corrected chi connectivity index (χ3v) is 6.39. The Kier molecular flexibility index (Phi) is 3.75. The Morgan fingerprint density at radius 1 is 0.957 bits per heavy atom. The number of hydrogen-bond donors (Lipinski definition) is 0. The zero-order chi connectivity index (χ0) is 16.8. The standard InChI is InChI=1S/C17H15F3O2S/c1-11-2-8-14(9-3-11)23(21,22)16-10-15(16)12-4-6-13(7-5-12)17(18,19)20/h2-9,15-16H,10H2,1H3/t15-,16+/m0/s1.